The van der Waals surface area contributed by atoms with Crippen molar-refractivity contribution >= 4 is 16.4 Å². The summed E-state index contributed by atoms with van der Waals surface area (Å²) in [6.45, 7) is 15.1. The van der Waals surface area contributed by atoms with Crippen LogP contribution in [0.5, 0.6) is 0 Å². The predicted octanol–water partition coefficient (Wildman–Crippen LogP) is 4.96. The zero-order chi connectivity index (χ0) is 28.7. The molecule has 0 bridgehead atoms. The average Bonchev–Trinajstić information content (AvgIpc) is 3.54. The Morgan fingerprint density at radius 1 is 1.08 bits per heavy atom. The molecule has 1 heterocycles. The summed E-state index contributed by atoms with van der Waals surface area (Å²) >= 11 is 0. The lowest BCUT2D eigenvalue weighted by Crippen LogP contribution is -2.61. The van der Waals surface area contributed by atoms with E-state index in [0.29, 0.717) is 54.6 Å². The van der Waals surface area contributed by atoms with Crippen LogP contribution in [0.2, 0.25) is 0 Å². The zero-order valence-electron chi connectivity index (χ0n) is 24.5. The van der Waals surface area contributed by atoms with Gasteiger partial charge in [0.05, 0.1) is 12.2 Å². The van der Waals surface area contributed by atoms with Crippen LogP contribution in [0.3, 0.4) is 0 Å². The number of aliphatic hydroxyl groups excluding tert-OH is 1. The van der Waals surface area contributed by atoms with Crippen molar-refractivity contribution in [2.45, 2.75) is 118 Å². The molecule has 5 aliphatic rings. The van der Waals surface area contributed by atoms with Gasteiger partial charge in [-0.05, 0) is 90.8 Å². The van der Waals surface area contributed by atoms with Crippen molar-refractivity contribution in [2.75, 3.05) is 0 Å². The van der Waals surface area contributed by atoms with Gasteiger partial charge in [-0.1, -0.05) is 53.2 Å². The number of allylic oxidation sites excluding steroid dienone is 2. The van der Waals surface area contributed by atoms with E-state index >= 15 is 0 Å². The lowest BCUT2D eigenvalue weighted by atomic mass is 9.47. The van der Waals surface area contributed by atoms with Gasteiger partial charge >= 0.3 is 16.4 Å². The maximum absolute atomic E-state index is 11.9. The standard InChI is InChI=1S/C30H48O8S/c1-15(2)16(3)26-27(37-26)17(4)20-10-11-21-19-8-9-23-28(38-39(33,34)35)25(32)24(36-18(5)31)14-30(23,7)22(19)12-13-29(20,21)6/h8,15-17,20-28,32H,9-14H2,1-7H3,(H,33,34,35)/t16-,17?,20+,21?,22?,23?,24+,25-,26+,27-,28-,29+,30+/m0/s1. The summed E-state index contributed by atoms with van der Waals surface area (Å²) in [7, 11) is -4.81. The predicted molar refractivity (Wildman–Crippen MR) is 146 cm³/mol. The van der Waals surface area contributed by atoms with Gasteiger partial charge in [0.25, 0.3) is 0 Å². The monoisotopic (exact) mass is 568 g/mol. The molecule has 0 aromatic heterocycles. The van der Waals surface area contributed by atoms with Crippen molar-refractivity contribution in [3.8, 4) is 0 Å². The van der Waals surface area contributed by atoms with Crippen LogP contribution >= 0.6 is 0 Å². The largest absolute Gasteiger partial charge is 0.460 e. The van der Waals surface area contributed by atoms with E-state index in [9.17, 15) is 22.9 Å². The Bertz CT molecular complexity index is 1100. The maximum Gasteiger partial charge on any atom is 0.397 e. The highest BCUT2D eigenvalue weighted by atomic mass is 32.3. The van der Waals surface area contributed by atoms with Crippen molar-refractivity contribution in [2.24, 2.45) is 52.3 Å². The molecule has 3 saturated carbocycles. The molecule has 9 heteroatoms. The molecular formula is C30H48O8S. The van der Waals surface area contributed by atoms with Crippen molar-refractivity contribution in [3.05, 3.63) is 11.6 Å². The van der Waals surface area contributed by atoms with Crippen LogP contribution in [0.4, 0.5) is 0 Å². The third-order valence-corrected chi connectivity index (χ3v) is 12.5. The first kappa shape index (κ1) is 29.5. The lowest BCUT2D eigenvalue weighted by Gasteiger charge is -2.59. The average molecular weight is 569 g/mol. The highest BCUT2D eigenvalue weighted by Crippen LogP contribution is 2.68. The number of esters is 1. The SMILES string of the molecule is CC(=O)O[C@@H]1C[C@]2(C)C3CC[C@@]4(C)C(CC[C@@H]4C(C)[C@@H]4O[C@@H]4[C@@H](C)C(C)C)C3=CCC2[C@H](OS(=O)(=O)O)[C@H]1O. The van der Waals surface area contributed by atoms with Crippen molar-refractivity contribution in [3.63, 3.8) is 0 Å². The molecule has 2 N–H and O–H groups in total. The molecule has 222 valence electrons. The Hall–Kier alpha value is -1.00. The summed E-state index contributed by atoms with van der Waals surface area (Å²) in [5.41, 5.74) is 1.18. The number of hydrogen-bond donors (Lipinski definition) is 2. The third kappa shape index (κ3) is 5.02. The smallest absolute Gasteiger partial charge is 0.397 e. The van der Waals surface area contributed by atoms with Crippen LogP contribution in [0, 0.1) is 52.3 Å². The van der Waals surface area contributed by atoms with Gasteiger partial charge in [-0.15, -0.1) is 0 Å². The first-order valence-corrected chi connectivity index (χ1v) is 16.3. The molecular weight excluding hydrogens is 520 g/mol. The quantitative estimate of drug-likeness (QED) is 0.191. The number of hydrogen-bond acceptors (Lipinski definition) is 7. The first-order chi connectivity index (χ1) is 18.1. The van der Waals surface area contributed by atoms with Gasteiger partial charge < -0.3 is 14.6 Å². The number of ether oxygens (including phenoxy) is 2. The molecule has 39 heavy (non-hydrogen) atoms. The van der Waals surface area contributed by atoms with Crippen LogP contribution in [-0.2, 0) is 28.9 Å². The summed E-state index contributed by atoms with van der Waals surface area (Å²) in [6.07, 6.45) is 4.88. The van der Waals surface area contributed by atoms with E-state index in [4.69, 9.17) is 13.7 Å². The van der Waals surface area contributed by atoms with Gasteiger partial charge in [-0.2, -0.15) is 8.42 Å². The van der Waals surface area contributed by atoms with Gasteiger partial charge in [0.15, 0.2) is 0 Å². The van der Waals surface area contributed by atoms with Gasteiger partial charge in [0.2, 0.25) is 0 Å². The Morgan fingerprint density at radius 2 is 1.74 bits per heavy atom. The second-order valence-corrected chi connectivity index (χ2v) is 15.3. The van der Waals surface area contributed by atoms with E-state index in [0.717, 1.165) is 19.3 Å². The molecule has 4 fully saturated rings. The minimum Gasteiger partial charge on any atom is -0.460 e. The molecule has 0 spiro atoms. The number of rotatable bonds is 7. The van der Waals surface area contributed by atoms with Gasteiger partial charge in [0.1, 0.15) is 18.3 Å². The zero-order valence-corrected chi connectivity index (χ0v) is 25.3. The first-order valence-electron chi connectivity index (χ1n) is 14.9. The molecule has 8 nitrogen and oxygen atoms in total. The Kier molecular flexibility index (Phi) is 7.62. The molecule has 0 aromatic rings. The van der Waals surface area contributed by atoms with E-state index in [1.54, 1.807) is 0 Å². The van der Waals surface area contributed by atoms with Gasteiger partial charge in [0, 0.05) is 6.92 Å². The molecule has 0 aromatic carbocycles. The second kappa shape index (κ2) is 10.1. The molecule has 1 aliphatic heterocycles. The third-order valence-electron chi connectivity index (χ3n) is 12.0. The van der Waals surface area contributed by atoms with E-state index in [1.165, 1.54) is 18.9 Å². The number of carbonyl (C=O) groups excluding carboxylic acids is 1. The Labute approximate surface area is 234 Å². The normalized spacial score (nSPS) is 46.9. The van der Waals surface area contributed by atoms with Crippen LogP contribution < -0.4 is 0 Å². The number of aliphatic hydroxyl groups is 1. The van der Waals surface area contributed by atoms with E-state index in [1.807, 2.05) is 0 Å². The van der Waals surface area contributed by atoms with Crippen LogP contribution in [0.25, 0.3) is 0 Å². The fourth-order valence-electron chi connectivity index (χ4n) is 9.67. The Morgan fingerprint density at radius 3 is 2.36 bits per heavy atom. The highest BCUT2D eigenvalue weighted by molar-refractivity contribution is 7.80. The van der Waals surface area contributed by atoms with E-state index in [-0.39, 0.29) is 17.3 Å². The molecule has 5 rings (SSSR count). The minimum absolute atomic E-state index is 0.173. The summed E-state index contributed by atoms with van der Waals surface area (Å²) < 4.78 is 50.0. The summed E-state index contributed by atoms with van der Waals surface area (Å²) in [6, 6.07) is 0. The van der Waals surface area contributed by atoms with E-state index < -0.39 is 40.1 Å². The summed E-state index contributed by atoms with van der Waals surface area (Å²) in [5, 5.41) is 11.0. The number of carbonyl (C=O) groups is 1. The molecule has 4 aliphatic carbocycles. The molecule has 0 radical (unpaired) electrons. The van der Waals surface area contributed by atoms with Crippen molar-refractivity contribution in [1.29, 1.82) is 0 Å². The van der Waals surface area contributed by atoms with Gasteiger partial charge in [-0.25, -0.2) is 4.18 Å². The van der Waals surface area contributed by atoms with Crippen molar-refractivity contribution in [1.82, 2.24) is 0 Å². The lowest BCUT2D eigenvalue weighted by molar-refractivity contribution is -0.189. The molecule has 1 saturated heterocycles. The highest BCUT2D eigenvalue weighted by Gasteiger charge is 2.63. The van der Waals surface area contributed by atoms with Crippen molar-refractivity contribution < 1.29 is 36.5 Å². The van der Waals surface area contributed by atoms with Gasteiger partial charge in [-0.3, -0.25) is 9.35 Å². The fraction of sp³-hybridized carbons (Fsp3) is 0.900. The Balaban J connectivity index is 1.41. The number of fused-ring (bicyclic) bond motifs is 5. The van der Waals surface area contributed by atoms with Crippen LogP contribution in [0.1, 0.15) is 87.0 Å². The molecule has 13 atom stereocenters. The molecule has 0 amide bonds. The number of epoxide rings is 1. The second-order valence-electron chi connectivity index (χ2n) is 14.2. The van der Waals surface area contributed by atoms with Crippen LogP contribution in [-0.4, -0.2) is 54.6 Å². The summed E-state index contributed by atoms with van der Waals surface area (Å²) in [4.78, 5) is 11.9. The molecule has 4 unspecified atom stereocenters. The fourth-order valence-corrected chi connectivity index (χ4v) is 10.2. The minimum atomic E-state index is -4.81. The maximum atomic E-state index is 11.9. The topological polar surface area (TPSA) is 123 Å². The summed E-state index contributed by atoms with van der Waals surface area (Å²) in [5.74, 6) is 2.01. The van der Waals surface area contributed by atoms with E-state index in [2.05, 4.69) is 47.6 Å². The van der Waals surface area contributed by atoms with Crippen LogP contribution in [0.15, 0.2) is 11.6 Å².